The number of halogens is 3. The number of pyridine rings is 1. The number of nitrogens with one attached hydrogen (secondary N) is 2. The molecule has 28 heavy (non-hydrogen) atoms. The fraction of sp³-hybridized carbons (Fsp3) is 0.105. The van der Waals surface area contributed by atoms with Gasteiger partial charge in [-0.3, -0.25) is 9.59 Å². The molecular weight excluding hydrogens is 427 g/mol. The summed E-state index contributed by atoms with van der Waals surface area (Å²) in [5.41, 5.74) is 0.964. The Morgan fingerprint density at radius 3 is 2.46 bits per heavy atom. The van der Waals surface area contributed by atoms with Gasteiger partial charge < -0.3 is 15.4 Å². The number of benzene rings is 2. The number of rotatable bonds is 5. The maximum Gasteiger partial charge on any atom is 0.326 e. The molecule has 9 heteroatoms. The van der Waals surface area contributed by atoms with Crippen LogP contribution in [0.3, 0.4) is 0 Å². The summed E-state index contributed by atoms with van der Waals surface area (Å²) < 4.78 is 0. The van der Waals surface area contributed by atoms with Crippen molar-refractivity contribution in [1.29, 1.82) is 0 Å². The molecular formula is C19H15Cl3N2O4. The van der Waals surface area contributed by atoms with Crippen molar-refractivity contribution in [1.82, 2.24) is 10.3 Å². The van der Waals surface area contributed by atoms with Gasteiger partial charge in [-0.1, -0.05) is 41.4 Å². The number of carbonyl (C=O) groups excluding carboxylic acids is 1. The number of aliphatic carboxylic acids is 1. The molecule has 3 N–H and O–H groups in total. The molecule has 6 nitrogen and oxygen atoms in total. The Morgan fingerprint density at radius 1 is 1.07 bits per heavy atom. The summed E-state index contributed by atoms with van der Waals surface area (Å²) in [6.45, 7) is 0. The van der Waals surface area contributed by atoms with Crippen LogP contribution in [0, 0.1) is 0 Å². The predicted octanol–water partition coefficient (Wildman–Crippen LogP) is 3.68. The van der Waals surface area contributed by atoms with E-state index in [1.165, 1.54) is 24.3 Å². The van der Waals surface area contributed by atoms with E-state index in [4.69, 9.17) is 23.2 Å². The van der Waals surface area contributed by atoms with Crippen LogP contribution in [0.1, 0.15) is 15.9 Å². The first kappa shape index (κ1) is 21.8. The lowest BCUT2D eigenvalue weighted by Gasteiger charge is -2.16. The minimum Gasteiger partial charge on any atom is -0.480 e. The Kier molecular flexibility index (Phi) is 7.07. The van der Waals surface area contributed by atoms with Gasteiger partial charge in [-0.2, -0.15) is 0 Å². The minimum atomic E-state index is -1.22. The van der Waals surface area contributed by atoms with Crippen LogP contribution in [-0.4, -0.2) is 28.0 Å². The van der Waals surface area contributed by atoms with Gasteiger partial charge >= 0.3 is 5.97 Å². The predicted molar refractivity (Wildman–Crippen MR) is 111 cm³/mol. The fourth-order valence-corrected chi connectivity index (χ4v) is 3.04. The van der Waals surface area contributed by atoms with E-state index < -0.39 is 17.9 Å². The third-order valence-corrected chi connectivity index (χ3v) is 4.78. The van der Waals surface area contributed by atoms with Crippen LogP contribution in [0.2, 0.25) is 10.0 Å². The van der Waals surface area contributed by atoms with E-state index in [-0.39, 0.29) is 40.0 Å². The molecule has 0 aliphatic rings. The lowest BCUT2D eigenvalue weighted by Crippen LogP contribution is -2.42. The van der Waals surface area contributed by atoms with E-state index in [9.17, 15) is 19.5 Å². The quantitative estimate of drug-likeness (QED) is 0.562. The van der Waals surface area contributed by atoms with Gasteiger partial charge in [-0.25, -0.2) is 4.79 Å². The number of carboxylic acids is 1. The minimum absolute atomic E-state index is 0. The van der Waals surface area contributed by atoms with Crippen LogP contribution in [0.25, 0.3) is 10.9 Å². The van der Waals surface area contributed by atoms with E-state index in [2.05, 4.69) is 10.3 Å². The number of carboxylic acid groups (broad SMARTS) is 1. The van der Waals surface area contributed by atoms with E-state index in [0.717, 1.165) is 0 Å². The second kappa shape index (κ2) is 9.10. The summed E-state index contributed by atoms with van der Waals surface area (Å²) in [4.78, 5) is 38.6. The summed E-state index contributed by atoms with van der Waals surface area (Å²) in [6.07, 6.45) is -0.0488. The Labute approximate surface area is 175 Å². The van der Waals surface area contributed by atoms with Gasteiger partial charge in [0.15, 0.2) is 0 Å². The summed E-state index contributed by atoms with van der Waals surface area (Å²) in [6, 6.07) is 11.4. The third-order valence-electron chi connectivity index (χ3n) is 4.05. The highest BCUT2D eigenvalue weighted by molar-refractivity contribution is 6.42. The van der Waals surface area contributed by atoms with E-state index in [0.29, 0.717) is 16.5 Å². The number of carbonyl (C=O) groups is 2. The molecule has 1 heterocycles. The van der Waals surface area contributed by atoms with E-state index >= 15 is 0 Å². The van der Waals surface area contributed by atoms with Crippen LogP contribution < -0.4 is 10.9 Å². The van der Waals surface area contributed by atoms with E-state index in [1.54, 1.807) is 24.3 Å². The number of para-hydroxylation sites is 1. The third kappa shape index (κ3) is 4.84. The van der Waals surface area contributed by atoms with Crippen molar-refractivity contribution in [2.24, 2.45) is 0 Å². The second-order valence-electron chi connectivity index (χ2n) is 5.90. The molecule has 146 valence electrons. The van der Waals surface area contributed by atoms with Crippen LogP contribution in [0.5, 0.6) is 0 Å². The van der Waals surface area contributed by atoms with Gasteiger partial charge in [0.1, 0.15) is 6.04 Å². The van der Waals surface area contributed by atoms with Crippen molar-refractivity contribution in [3.8, 4) is 0 Å². The Morgan fingerprint density at radius 2 is 1.79 bits per heavy atom. The molecule has 0 spiro atoms. The molecule has 3 aromatic rings. The zero-order valence-corrected chi connectivity index (χ0v) is 16.6. The van der Waals surface area contributed by atoms with Gasteiger partial charge in [-0.05, 0) is 29.8 Å². The van der Waals surface area contributed by atoms with Crippen molar-refractivity contribution in [2.45, 2.75) is 12.5 Å². The topological polar surface area (TPSA) is 99.3 Å². The van der Waals surface area contributed by atoms with Crippen LogP contribution in [0.4, 0.5) is 0 Å². The van der Waals surface area contributed by atoms with Crippen LogP contribution in [0.15, 0.2) is 53.3 Å². The largest absolute Gasteiger partial charge is 0.480 e. The normalized spacial score (nSPS) is 11.5. The first-order valence-electron chi connectivity index (χ1n) is 7.95. The lowest BCUT2D eigenvalue weighted by molar-refractivity contribution is -0.139. The maximum absolute atomic E-state index is 12.4. The standard InChI is InChI=1S/C19H14Cl2N2O4.ClH/c20-13-6-5-10(7-14(13)21)18(25)23-16(19(26)27)8-11-9-17(24)22-15-4-2-1-3-12(11)15;/h1-7,9,16H,8H2,(H,22,24)(H,23,25)(H,26,27);1H. The Bertz CT molecular complexity index is 1100. The second-order valence-corrected chi connectivity index (χ2v) is 6.72. The van der Waals surface area contributed by atoms with Crippen molar-refractivity contribution in [2.75, 3.05) is 0 Å². The molecule has 3 rings (SSSR count). The Hall–Kier alpha value is -2.54. The molecule has 0 aliphatic carbocycles. The first-order valence-corrected chi connectivity index (χ1v) is 8.70. The van der Waals surface area contributed by atoms with Crippen LogP contribution >= 0.6 is 35.6 Å². The molecule has 0 radical (unpaired) electrons. The van der Waals surface area contributed by atoms with Gasteiger partial charge in [0.25, 0.3) is 5.91 Å². The zero-order chi connectivity index (χ0) is 19.6. The average Bonchev–Trinajstić information content (AvgIpc) is 2.63. The number of aromatic amines is 1. The zero-order valence-electron chi connectivity index (χ0n) is 14.2. The highest BCUT2D eigenvalue weighted by Crippen LogP contribution is 2.23. The maximum atomic E-state index is 12.4. The molecule has 0 saturated carbocycles. The summed E-state index contributed by atoms with van der Waals surface area (Å²) in [7, 11) is 0. The highest BCUT2D eigenvalue weighted by atomic mass is 35.5. The number of hydrogen-bond donors (Lipinski definition) is 3. The smallest absolute Gasteiger partial charge is 0.326 e. The molecule has 1 aromatic heterocycles. The van der Waals surface area contributed by atoms with Crippen molar-refractivity contribution >= 4 is 58.4 Å². The summed E-state index contributed by atoms with van der Waals surface area (Å²) in [5.74, 6) is -1.82. The monoisotopic (exact) mass is 440 g/mol. The lowest BCUT2D eigenvalue weighted by atomic mass is 10.0. The van der Waals surface area contributed by atoms with Gasteiger partial charge in [0, 0.05) is 29.0 Å². The van der Waals surface area contributed by atoms with Crippen molar-refractivity contribution in [3.05, 3.63) is 80.1 Å². The number of H-pyrrole nitrogens is 1. The van der Waals surface area contributed by atoms with Gasteiger partial charge in [0.2, 0.25) is 5.56 Å². The van der Waals surface area contributed by atoms with Crippen molar-refractivity contribution < 1.29 is 14.7 Å². The molecule has 2 aromatic carbocycles. The number of amides is 1. The number of aromatic nitrogens is 1. The first-order chi connectivity index (χ1) is 12.8. The summed E-state index contributed by atoms with van der Waals surface area (Å²) in [5, 5.41) is 13.2. The molecule has 0 saturated heterocycles. The molecule has 0 bridgehead atoms. The van der Waals surface area contributed by atoms with Gasteiger partial charge in [0.05, 0.1) is 10.0 Å². The van der Waals surface area contributed by atoms with Gasteiger partial charge in [-0.15, -0.1) is 12.4 Å². The number of fused-ring (bicyclic) bond motifs is 1. The summed E-state index contributed by atoms with van der Waals surface area (Å²) >= 11 is 11.7. The molecule has 0 fully saturated rings. The van der Waals surface area contributed by atoms with E-state index in [1.807, 2.05) is 0 Å². The SMILES string of the molecule is Cl.O=C(NC(Cc1cc(=O)[nH]c2ccccc12)C(=O)O)c1ccc(Cl)c(Cl)c1. The molecule has 1 amide bonds. The van der Waals surface area contributed by atoms with Crippen molar-refractivity contribution in [3.63, 3.8) is 0 Å². The molecule has 0 aliphatic heterocycles. The molecule has 1 unspecified atom stereocenters. The number of hydrogen-bond acceptors (Lipinski definition) is 3. The Balaban J connectivity index is 0.00000280. The molecule has 1 atom stereocenters. The van der Waals surface area contributed by atoms with Crippen LogP contribution in [-0.2, 0) is 11.2 Å². The average molecular weight is 442 g/mol. The fourth-order valence-electron chi connectivity index (χ4n) is 2.74. The highest BCUT2D eigenvalue weighted by Gasteiger charge is 2.22.